The monoisotopic (exact) mass is 370 g/mol. The van der Waals surface area contributed by atoms with Gasteiger partial charge in [0.2, 0.25) is 0 Å². The number of carbonyl (C=O) groups is 2. The Hall–Kier alpha value is -3.35. The summed E-state index contributed by atoms with van der Waals surface area (Å²) in [6.45, 7) is 0.0668. The third-order valence-corrected chi connectivity index (χ3v) is 3.89. The maximum absolute atomic E-state index is 13.5. The van der Waals surface area contributed by atoms with Gasteiger partial charge in [-0.3, -0.25) is 9.59 Å². The Bertz CT molecular complexity index is 938. The number of benzene rings is 2. The molecule has 0 aliphatic carbocycles. The van der Waals surface area contributed by atoms with Crippen LogP contribution in [0.25, 0.3) is 5.69 Å². The van der Waals surface area contributed by atoms with Gasteiger partial charge < -0.3 is 4.74 Å². The minimum Gasteiger partial charge on any atom is -0.461 e. The van der Waals surface area contributed by atoms with E-state index in [-0.39, 0.29) is 25.0 Å². The lowest BCUT2D eigenvalue weighted by atomic mass is 10.1. The van der Waals surface area contributed by atoms with Gasteiger partial charge in [-0.15, -0.1) is 0 Å². The highest BCUT2D eigenvalue weighted by molar-refractivity contribution is 5.97. The molecule has 0 aliphatic rings. The second-order valence-corrected chi connectivity index (χ2v) is 5.83. The number of ether oxygens (including phenoxy) is 1. The fraction of sp³-hybridized carbons (Fsp3) is 0.150. The predicted octanol–water partition coefficient (Wildman–Crippen LogP) is 3.86. The summed E-state index contributed by atoms with van der Waals surface area (Å²) >= 11 is 0. The Labute approximate surface area is 154 Å². The predicted molar refractivity (Wildman–Crippen MR) is 93.3 cm³/mol. The van der Waals surface area contributed by atoms with E-state index in [2.05, 4.69) is 5.10 Å². The average molecular weight is 370 g/mol. The first kappa shape index (κ1) is 18.4. The topological polar surface area (TPSA) is 61.2 Å². The Kier molecular flexibility index (Phi) is 5.71. The first-order valence-corrected chi connectivity index (χ1v) is 8.26. The zero-order chi connectivity index (χ0) is 19.2. The normalized spacial score (nSPS) is 10.6. The van der Waals surface area contributed by atoms with Crippen LogP contribution in [0.1, 0.15) is 28.8 Å². The van der Waals surface area contributed by atoms with Gasteiger partial charge in [-0.1, -0.05) is 12.1 Å². The third kappa shape index (κ3) is 4.84. The number of aromatic nitrogens is 2. The van der Waals surface area contributed by atoms with Crippen LogP contribution in [0.5, 0.6) is 0 Å². The number of rotatable bonds is 7. The van der Waals surface area contributed by atoms with Gasteiger partial charge in [0.05, 0.1) is 17.7 Å². The van der Waals surface area contributed by atoms with Crippen LogP contribution in [0.2, 0.25) is 0 Å². The number of Topliss-reactive ketones (excluding diaryl/α,β-unsaturated/α-hetero) is 1. The fourth-order valence-electron chi connectivity index (χ4n) is 2.47. The molecule has 0 N–H and O–H groups in total. The fourth-order valence-corrected chi connectivity index (χ4v) is 2.47. The first-order chi connectivity index (χ1) is 13.0. The highest BCUT2D eigenvalue weighted by Crippen LogP contribution is 2.14. The summed E-state index contributed by atoms with van der Waals surface area (Å²) in [5.41, 5.74) is 1.43. The van der Waals surface area contributed by atoms with Crippen molar-refractivity contribution in [3.05, 3.63) is 83.7 Å². The Morgan fingerprint density at radius 1 is 1.04 bits per heavy atom. The summed E-state index contributed by atoms with van der Waals surface area (Å²) < 4.78 is 33.2. The Morgan fingerprint density at radius 2 is 1.81 bits per heavy atom. The van der Waals surface area contributed by atoms with Crippen molar-refractivity contribution in [1.29, 1.82) is 0 Å². The standard InChI is InChI=1S/C20H16F2N2O3/c21-15-4-7-17(18(22)12-15)19(25)8-9-20(26)27-13-14-2-5-16(6-3-14)24-11-1-10-23-24/h1-7,10-12H,8-9,13H2. The lowest BCUT2D eigenvalue weighted by Crippen LogP contribution is -2.09. The number of esters is 1. The van der Waals surface area contributed by atoms with Crippen LogP contribution in [0.4, 0.5) is 8.78 Å². The van der Waals surface area contributed by atoms with Gasteiger partial charge in [0.1, 0.15) is 18.2 Å². The van der Waals surface area contributed by atoms with E-state index in [1.165, 1.54) is 0 Å². The van der Waals surface area contributed by atoms with Gasteiger partial charge in [0.25, 0.3) is 0 Å². The molecule has 2 aromatic carbocycles. The largest absolute Gasteiger partial charge is 0.461 e. The van der Waals surface area contributed by atoms with Gasteiger partial charge >= 0.3 is 5.97 Å². The van der Waals surface area contributed by atoms with Crippen molar-refractivity contribution in [3.8, 4) is 5.69 Å². The highest BCUT2D eigenvalue weighted by Gasteiger charge is 2.15. The minimum atomic E-state index is -0.939. The molecule has 1 aromatic heterocycles. The Balaban J connectivity index is 1.47. The molecule has 27 heavy (non-hydrogen) atoms. The maximum Gasteiger partial charge on any atom is 0.306 e. The molecule has 3 aromatic rings. The van der Waals surface area contributed by atoms with Gasteiger partial charge in [-0.2, -0.15) is 5.10 Å². The molecule has 3 rings (SSSR count). The van der Waals surface area contributed by atoms with Crippen LogP contribution in [0, 0.1) is 11.6 Å². The summed E-state index contributed by atoms with van der Waals surface area (Å²) in [5.74, 6) is -2.84. The molecule has 1 heterocycles. The van der Waals surface area contributed by atoms with Crippen molar-refractivity contribution in [1.82, 2.24) is 9.78 Å². The van der Waals surface area contributed by atoms with Crippen LogP contribution < -0.4 is 0 Å². The molecule has 0 amide bonds. The van der Waals surface area contributed by atoms with Crippen molar-refractivity contribution >= 4 is 11.8 Å². The van der Waals surface area contributed by atoms with Crippen molar-refractivity contribution in [2.75, 3.05) is 0 Å². The molecule has 138 valence electrons. The molecule has 0 saturated carbocycles. The summed E-state index contributed by atoms with van der Waals surface area (Å²) in [6, 6.07) is 11.8. The molecule has 5 nitrogen and oxygen atoms in total. The molecule has 0 fully saturated rings. The summed E-state index contributed by atoms with van der Waals surface area (Å²) in [4.78, 5) is 23.7. The molecule has 7 heteroatoms. The summed E-state index contributed by atoms with van der Waals surface area (Å²) in [6.07, 6.45) is 3.10. The van der Waals surface area contributed by atoms with E-state index < -0.39 is 23.4 Å². The third-order valence-electron chi connectivity index (χ3n) is 3.89. The number of hydrogen-bond acceptors (Lipinski definition) is 4. The van der Waals surface area contributed by atoms with E-state index in [0.29, 0.717) is 6.07 Å². The molecule has 0 atom stereocenters. The van der Waals surface area contributed by atoms with E-state index in [1.807, 2.05) is 36.5 Å². The van der Waals surface area contributed by atoms with Crippen LogP contribution in [0.3, 0.4) is 0 Å². The molecule has 0 radical (unpaired) electrons. The Morgan fingerprint density at radius 3 is 2.48 bits per heavy atom. The molecule has 0 unspecified atom stereocenters. The van der Waals surface area contributed by atoms with E-state index >= 15 is 0 Å². The van der Waals surface area contributed by atoms with Crippen molar-refractivity contribution < 1.29 is 23.1 Å². The van der Waals surface area contributed by atoms with Gasteiger partial charge in [-0.05, 0) is 35.9 Å². The van der Waals surface area contributed by atoms with Crippen LogP contribution in [-0.2, 0) is 16.1 Å². The van der Waals surface area contributed by atoms with Crippen molar-refractivity contribution in [3.63, 3.8) is 0 Å². The lowest BCUT2D eigenvalue weighted by Gasteiger charge is -2.07. The van der Waals surface area contributed by atoms with E-state index in [9.17, 15) is 18.4 Å². The van der Waals surface area contributed by atoms with Gasteiger partial charge in [0, 0.05) is 24.9 Å². The summed E-state index contributed by atoms with van der Waals surface area (Å²) in [7, 11) is 0. The minimum absolute atomic E-state index is 0.0668. The molecular formula is C20H16F2N2O3. The van der Waals surface area contributed by atoms with Crippen LogP contribution >= 0.6 is 0 Å². The van der Waals surface area contributed by atoms with Crippen LogP contribution in [-0.4, -0.2) is 21.5 Å². The van der Waals surface area contributed by atoms with E-state index in [0.717, 1.165) is 23.4 Å². The smallest absolute Gasteiger partial charge is 0.306 e. The van der Waals surface area contributed by atoms with E-state index in [1.54, 1.807) is 10.9 Å². The lowest BCUT2D eigenvalue weighted by molar-refractivity contribution is -0.144. The van der Waals surface area contributed by atoms with Gasteiger partial charge in [0.15, 0.2) is 5.78 Å². The van der Waals surface area contributed by atoms with Crippen LogP contribution in [0.15, 0.2) is 60.9 Å². The van der Waals surface area contributed by atoms with Crippen molar-refractivity contribution in [2.45, 2.75) is 19.4 Å². The SMILES string of the molecule is O=C(CCC(=O)c1ccc(F)cc1F)OCc1ccc(-n2cccn2)cc1. The molecule has 0 bridgehead atoms. The molecule has 0 saturated heterocycles. The zero-order valence-corrected chi connectivity index (χ0v) is 14.3. The molecular weight excluding hydrogens is 354 g/mol. The highest BCUT2D eigenvalue weighted by atomic mass is 19.1. The second-order valence-electron chi connectivity index (χ2n) is 5.83. The summed E-state index contributed by atoms with van der Waals surface area (Å²) in [5, 5.41) is 4.12. The number of hydrogen-bond donors (Lipinski definition) is 0. The number of nitrogens with zero attached hydrogens (tertiary/aromatic N) is 2. The average Bonchev–Trinajstić information content (AvgIpc) is 3.19. The number of halogens is 2. The van der Waals surface area contributed by atoms with Crippen molar-refractivity contribution in [2.24, 2.45) is 0 Å². The van der Waals surface area contributed by atoms with E-state index in [4.69, 9.17) is 4.74 Å². The quantitative estimate of drug-likeness (QED) is 0.468. The first-order valence-electron chi connectivity index (χ1n) is 8.26. The number of carbonyl (C=O) groups excluding carboxylic acids is 2. The van der Waals surface area contributed by atoms with Gasteiger partial charge in [-0.25, -0.2) is 13.5 Å². The molecule has 0 spiro atoms. The number of ketones is 1. The molecule has 0 aliphatic heterocycles. The zero-order valence-electron chi connectivity index (χ0n) is 14.3. The second kappa shape index (κ2) is 8.35. The maximum atomic E-state index is 13.5.